The molecule has 2 aromatic carbocycles. The van der Waals surface area contributed by atoms with Crippen molar-refractivity contribution in [3.05, 3.63) is 58.7 Å². The van der Waals surface area contributed by atoms with Gasteiger partial charge >= 0.3 is 0 Å². The third kappa shape index (κ3) is 2.30. The number of rotatable bonds is 1. The topological polar surface area (TPSA) is 21.3 Å². The van der Waals surface area contributed by atoms with E-state index in [-0.39, 0.29) is 6.10 Å². The minimum absolute atomic E-state index is 0.0927. The van der Waals surface area contributed by atoms with Gasteiger partial charge in [0.1, 0.15) is 11.9 Å². The van der Waals surface area contributed by atoms with Gasteiger partial charge in [-0.1, -0.05) is 29.8 Å². The van der Waals surface area contributed by atoms with Crippen LogP contribution in [0.5, 0.6) is 5.75 Å². The number of nitrogens with one attached hydrogen (secondary N) is 1. The summed E-state index contributed by atoms with van der Waals surface area (Å²) in [5.41, 5.74) is 6.19. The summed E-state index contributed by atoms with van der Waals surface area (Å²) in [5.74, 6) is 0.947. The molecule has 0 spiro atoms. The van der Waals surface area contributed by atoms with E-state index in [1.807, 2.05) is 0 Å². The van der Waals surface area contributed by atoms with Crippen LogP contribution in [-0.4, -0.2) is 6.54 Å². The molecule has 0 aliphatic carbocycles. The van der Waals surface area contributed by atoms with Gasteiger partial charge in [0, 0.05) is 0 Å². The number of benzene rings is 2. The van der Waals surface area contributed by atoms with Crippen LogP contribution in [0.1, 0.15) is 28.4 Å². The maximum atomic E-state index is 6.15. The number of hydrogen-bond acceptors (Lipinski definition) is 2. The largest absolute Gasteiger partial charge is 0.482 e. The second-order valence-corrected chi connectivity index (χ2v) is 5.35. The third-order valence-corrected chi connectivity index (χ3v) is 3.66. The molecule has 98 valence electrons. The van der Waals surface area contributed by atoms with Gasteiger partial charge in [0.05, 0.1) is 12.2 Å². The number of anilines is 1. The molecular formula is C17H19NO. The molecule has 0 aromatic heterocycles. The van der Waals surface area contributed by atoms with Crippen molar-refractivity contribution in [1.29, 1.82) is 0 Å². The van der Waals surface area contributed by atoms with E-state index in [1.54, 1.807) is 0 Å². The fourth-order valence-electron chi connectivity index (χ4n) is 2.56. The fourth-order valence-corrected chi connectivity index (χ4v) is 2.56. The Labute approximate surface area is 114 Å². The Morgan fingerprint density at radius 3 is 2.58 bits per heavy atom. The molecule has 2 heteroatoms. The summed E-state index contributed by atoms with van der Waals surface area (Å²) in [4.78, 5) is 0. The molecule has 1 unspecified atom stereocenters. The van der Waals surface area contributed by atoms with Gasteiger partial charge in [-0.25, -0.2) is 0 Å². The highest BCUT2D eigenvalue weighted by molar-refractivity contribution is 5.60. The van der Waals surface area contributed by atoms with Crippen LogP contribution in [0.4, 0.5) is 5.69 Å². The first-order valence-electron chi connectivity index (χ1n) is 6.72. The zero-order valence-electron chi connectivity index (χ0n) is 11.7. The lowest BCUT2D eigenvalue weighted by Crippen LogP contribution is -2.24. The Balaban J connectivity index is 1.93. The van der Waals surface area contributed by atoms with Crippen LogP contribution in [0.15, 0.2) is 36.4 Å². The highest BCUT2D eigenvalue weighted by Crippen LogP contribution is 2.35. The summed E-state index contributed by atoms with van der Waals surface area (Å²) in [6.45, 7) is 7.18. The zero-order chi connectivity index (χ0) is 13.4. The second-order valence-electron chi connectivity index (χ2n) is 5.35. The minimum atomic E-state index is 0.0927. The Morgan fingerprint density at radius 1 is 1.00 bits per heavy atom. The van der Waals surface area contributed by atoms with Crippen LogP contribution in [0.3, 0.4) is 0 Å². The van der Waals surface area contributed by atoms with Gasteiger partial charge in [-0.3, -0.25) is 0 Å². The van der Waals surface area contributed by atoms with E-state index in [0.29, 0.717) is 0 Å². The molecule has 2 aromatic rings. The lowest BCUT2D eigenvalue weighted by Gasteiger charge is -2.29. The molecule has 0 radical (unpaired) electrons. The maximum absolute atomic E-state index is 6.15. The van der Waals surface area contributed by atoms with Crippen LogP contribution in [0.25, 0.3) is 0 Å². The number of fused-ring (bicyclic) bond motifs is 1. The molecule has 0 bridgehead atoms. The van der Waals surface area contributed by atoms with E-state index >= 15 is 0 Å². The van der Waals surface area contributed by atoms with Gasteiger partial charge < -0.3 is 10.1 Å². The SMILES string of the molecule is Cc1ccc2c(c1)NCC(c1cc(C)ccc1C)O2. The molecule has 0 fully saturated rings. The molecule has 2 nitrogen and oxygen atoms in total. The molecule has 1 aliphatic heterocycles. The maximum Gasteiger partial charge on any atom is 0.143 e. The highest BCUT2D eigenvalue weighted by atomic mass is 16.5. The van der Waals surface area contributed by atoms with E-state index in [1.165, 1.54) is 22.3 Å². The summed E-state index contributed by atoms with van der Waals surface area (Å²) in [6, 6.07) is 12.8. The van der Waals surface area contributed by atoms with E-state index in [9.17, 15) is 0 Å². The van der Waals surface area contributed by atoms with Crippen LogP contribution in [0.2, 0.25) is 0 Å². The average Bonchev–Trinajstić information content (AvgIpc) is 2.41. The highest BCUT2D eigenvalue weighted by Gasteiger charge is 2.22. The lowest BCUT2D eigenvalue weighted by molar-refractivity contribution is 0.209. The van der Waals surface area contributed by atoms with Crippen molar-refractivity contribution < 1.29 is 4.74 Å². The molecule has 19 heavy (non-hydrogen) atoms. The first-order chi connectivity index (χ1) is 9.13. The number of ether oxygens (including phenoxy) is 1. The van der Waals surface area contributed by atoms with Gasteiger partial charge in [-0.15, -0.1) is 0 Å². The van der Waals surface area contributed by atoms with Crippen LogP contribution in [-0.2, 0) is 0 Å². The Kier molecular flexibility index (Phi) is 2.94. The quantitative estimate of drug-likeness (QED) is 0.824. The zero-order valence-corrected chi connectivity index (χ0v) is 11.7. The fraction of sp³-hybridized carbons (Fsp3) is 0.294. The molecule has 1 heterocycles. The molecular weight excluding hydrogens is 234 g/mol. The first kappa shape index (κ1) is 12.1. The first-order valence-corrected chi connectivity index (χ1v) is 6.72. The Hall–Kier alpha value is -1.96. The van der Waals surface area contributed by atoms with Gasteiger partial charge in [-0.2, -0.15) is 0 Å². The smallest absolute Gasteiger partial charge is 0.143 e. The molecule has 0 saturated heterocycles. The molecule has 0 saturated carbocycles. The molecule has 0 amide bonds. The standard InChI is InChI=1S/C17H19NO/c1-11-4-6-13(3)14(8-11)17-10-18-15-9-12(2)5-7-16(15)19-17/h4-9,17-18H,10H2,1-3H3. The average molecular weight is 253 g/mol. The van der Waals surface area contributed by atoms with E-state index < -0.39 is 0 Å². The van der Waals surface area contributed by atoms with E-state index in [2.05, 4.69) is 62.5 Å². The van der Waals surface area contributed by atoms with Crippen molar-refractivity contribution in [3.63, 3.8) is 0 Å². The molecule has 3 rings (SSSR count). The van der Waals surface area contributed by atoms with Crippen LogP contribution < -0.4 is 10.1 Å². The number of hydrogen-bond donors (Lipinski definition) is 1. The second kappa shape index (κ2) is 4.61. The summed E-state index contributed by atoms with van der Waals surface area (Å²) in [7, 11) is 0. The minimum Gasteiger partial charge on any atom is -0.482 e. The monoisotopic (exact) mass is 253 g/mol. The predicted molar refractivity (Wildman–Crippen MR) is 79.0 cm³/mol. The lowest BCUT2D eigenvalue weighted by atomic mass is 9.99. The predicted octanol–water partition coefficient (Wildman–Crippen LogP) is 4.16. The van der Waals surface area contributed by atoms with Crippen molar-refractivity contribution in [2.24, 2.45) is 0 Å². The Morgan fingerprint density at radius 2 is 1.74 bits per heavy atom. The third-order valence-electron chi connectivity index (χ3n) is 3.66. The van der Waals surface area contributed by atoms with E-state index in [0.717, 1.165) is 18.0 Å². The van der Waals surface area contributed by atoms with Crippen molar-refractivity contribution >= 4 is 5.69 Å². The summed E-state index contributed by atoms with van der Waals surface area (Å²) in [5, 5.41) is 3.47. The van der Waals surface area contributed by atoms with E-state index in [4.69, 9.17) is 4.74 Å². The molecule has 1 atom stereocenters. The van der Waals surface area contributed by atoms with Gasteiger partial charge in [-0.05, 0) is 49.6 Å². The van der Waals surface area contributed by atoms with Gasteiger partial charge in [0.15, 0.2) is 0 Å². The van der Waals surface area contributed by atoms with Crippen LogP contribution in [0, 0.1) is 20.8 Å². The Bertz CT molecular complexity index is 619. The van der Waals surface area contributed by atoms with Crippen molar-refractivity contribution in [1.82, 2.24) is 0 Å². The van der Waals surface area contributed by atoms with Crippen molar-refractivity contribution in [2.75, 3.05) is 11.9 Å². The molecule has 1 N–H and O–H groups in total. The number of aryl methyl sites for hydroxylation is 3. The summed E-state index contributed by atoms with van der Waals surface area (Å²) in [6.07, 6.45) is 0.0927. The van der Waals surface area contributed by atoms with Gasteiger partial charge in [0.2, 0.25) is 0 Å². The summed E-state index contributed by atoms with van der Waals surface area (Å²) >= 11 is 0. The van der Waals surface area contributed by atoms with Crippen LogP contribution >= 0.6 is 0 Å². The molecule has 1 aliphatic rings. The van der Waals surface area contributed by atoms with Gasteiger partial charge in [0.25, 0.3) is 0 Å². The normalized spacial score (nSPS) is 17.3. The van der Waals surface area contributed by atoms with Crippen molar-refractivity contribution in [2.45, 2.75) is 26.9 Å². The van der Waals surface area contributed by atoms with Crippen molar-refractivity contribution in [3.8, 4) is 5.75 Å². The summed E-state index contributed by atoms with van der Waals surface area (Å²) < 4.78 is 6.15.